The van der Waals surface area contributed by atoms with Crippen molar-refractivity contribution in [1.82, 2.24) is 0 Å². The van der Waals surface area contributed by atoms with Crippen LogP contribution in [0.5, 0.6) is 0 Å². The molecular weight excluding hydrogens is 156 g/mol. The molecule has 68 valence electrons. The van der Waals surface area contributed by atoms with E-state index in [4.69, 9.17) is 5.73 Å². The minimum atomic E-state index is -0.672. The van der Waals surface area contributed by atoms with Gasteiger partial charge in [0.1, 0.15) is 6.04 Å². The van der Waals surface area contributed by atoms with Crippen molar-refractivity contribution in [2.24, 2.45) is 10.7 Å². The Morgan fingerprint density at radius 2 is 2.25 bits per heavy atom. The molecular formula is C8H14N2O2. The Labute approximate surface area is 71.9 Å². The highest BCUT2D eigenvalue weighted by Crippen LogP contribution is 2.05. The van der Waals surface area contributed by atoms with Gasteiger partial charge in [0, 0.05) is 0 Å². The molecule has 0 spiro atoms. The normalized spacial score (nSPS) is 11.8. The van der Waals surface area contributed by atoms with Gasteiger partial charge in [-0.1, -0.05) is 26.2 Å². The molecule has 0 aliphatic rings. The lowest BCUT2D eigenvalue weighted by molar-refractivity contribution is -0.119. The number of unbranched alkanes of at least 4 members (excludes halogenated alkanes) is 2. The zero-order valence-corrected chi connectivity index (χ0v) is 7.25. The Hall–Kier alpha value is -1.15. The fraction of sp³-hybridized carbons (Fsp3) is 0.750. The molecule has 2 N–H and O–H groups in total. The smallest absolute Gasteiger partial charge is 0.243 e. The van der Waals surface area contributed by atoms with Crippen molar-refractivity contribution in [3.63, 3.8) is 0 Å². The van der Waals surface area contributed by atoms with Gasteiger partial charge in [-0.2, -0.15) is 4.99 Å². The molecule has 0 aliphatic carbocycles. The van der Waals surface area contributed by atoms with Crippen LogP contribution in [0.4, 0.5) is 0 Å². The third kappa shape index (κ3) is 4.63. The van der Waals surface area contributed by atoms with Crippen molar-refractivity contribution in [2.75, 3.05) is 0 Å². The number of isocyanates is 1. The number of rotatable bonds is 6. The zero-order valence-electron chi connectivity index (χ0n) is 7.25. The van der Waals surface area contributed by atoms with Crippen molar-refractivity contribution >= 4 is 12.0 Å². The maximum absolute atomic E-state index is 10.6. The predicted molar refractivity (Wildman–Crippen MR) is 45.2 cm³/mol. The lowest BCUT2D eigenvalue weighted by Gasteiger charge is -2.04. The quantitative estimate of drug-likeness (QED) is 0.363. The Morgan fingerprint density at radius 1 is 1.58 bits per heavy atom. The van der Waals surface area contributed by atoms with E-state index in [1.807, 2.05) is 0 Å². The van der Waals surface area contributed by atoms with E-state index in [2.05, 4.69) is 11.9 Å². The van der Waals surface area contributed by atoms with Gasteiger partial charge in [-0.3, -0.25) is 4.79 Å². The van der Waals surface area contributed by atoms with Crippen molar-refractivity contribution in [3.8, 4) is 0 Å². The second kappa shape index (κ2) is 6.55. The number of amides is 1. The van der Waals surface area contributed by atoms with Crippen LogP contribution in [-0.4, -0.2) is 18.0 Å². The molecule has 0 saturated carbocycles. The first kappa shape index (κ1) is 10.8. The minimum Gasteiger partial charge on any atom is -0.368 e. The van der Waals surface area contributed by atoms with Gasteiger partial charge in [-0.25, -0.2) is 4.79 Å². The first-order chi connectivity index (χ1) is 5.72. The summed E-state index contributed by atoms with van der Waals surface area (Å²) in [6, 6.07) is -0.672. The summed E-state index contributed by atoms with van der Waals surface area (Å²) in [6.07, 6.45) is 4.87. The highest BCUT2D eigenvalue weighted by atomic mass is 16.1. The maximum Gasteiger partial charge on any atom is 0.243 e. The number of hydrogen-bond donors (Lipinski definition) is 1. The van der Waals surface area contributed by atoms with E-state index >= 15 is 0 Å². The molecule has 1 amide bonds. The van der Waals surface area contributed by atoms with Crippen molar-refractivity contribution in [2.45, 2.75) is 38.6 Å². The Kier molecular flexibility index (Phi) is 5.93. The highest BCUT2D eigenvalue weighted by molar-refractivity contribution is 5.80. The molecule has 1 atom stereocenters. The molecule has 4 nitrogen and oxygen atoms in total. The Balaban J connectivity index is 3.79. The molecule has 0 heterocycles. The summed E-state index contributed by atoms with van der Waals surface area (Å²) in [4.78, 5) is 23.8. The van der Waals surface area contributed by atoms with E-state index in [-0.39, 0.29) is 0 Å². The van der Waals surface area contributed by atoms with E-state index in [0.717, 1.165) is 19.3 Å². The number of aliphatic imine (C=N–C) groups is 1. The van der Waals surface area contributed by atoms with Crippen molar-refractivity contribution in [3.05, 3.63) is 0 Å². The van der Waals surface area contributed by atoms with Crippen LogP contribution in [0.3, 0.4) is 0 Å². The summed E-state index contributed by atoms with van der Waals surface area (Å²) in [5, 5.41) is 0. The second-order valence-electron chi connectivity index (χ2n) is 2.63. The predicted octanol–water partition coefficient (Wildman–Crippen LogP) is 0.756. The van der Waals surface area contributed by atoms with E-state index in [1.165, 1.54) is 6.08 Å². The van der Waals surface area contributed by atoms with Crippen LogP contribution < -0.4 is 5.73 Å². The summed E-state index contributed by atoms with van der Waals surface area (Å²) in [7, 11) is 0. The lowest BCUT2D eigenvalue weighted by atomic mass is 10.1. The third-order valence-electron chi connectivity index (χ3n) is 1.62. The fourth-order valence-corrected chi connectivity index (χ4v) is 0.922. The monoisotopic (exact) mass is 170 g/mol. The number of carbonyl (C=O) groups is 1. The number of nitrogens with two attached hydrogens (primary N) is 1. The van der Waals surface area contributed by atoms with Gasteiger partial charge in [0.05, 0.1) is 0 Å². The van der Waals surface area contributed by atoms with Gasteiger partial charge in [0.2, 0.25) is 12.0 Å². The van der Waals surface area contributed by atoms with Gasteiger partial charge >= 0.3 is 0 Å². The Bertz CT molecular complexity index is 183. The van der Waals surface area contributed by atoms with Crippen LogP contribution in [-0.2, 0) is 9.59 Å². The molecule has 0 aromatic rings. The average molecular weight is 170 g/mol. The van der Waals surface area contributed by atoms with Gasteiger partial charge in [0.15, 0.2) is 0 Å². The number of carbonyl (C=O) groups excluding carboxylic acids is 2. The van der Waals surface area contributed by atoms with Crippen LogP contribution >= 0.6 is 0 Å². The van der Waals surface area contributed by atoms with Crippen molar-refractivity contribution in [1.29, 1.82) is 0 Å². The van der Waals surface area contributed by atoms with E-state index in [9.17, 15) is 9.59 Å². The molecule has 0 fully saturated rings. The standard InChI is InChI=1S/C8H14N2O2/c1-2-3-4-5-7(8(9)12)10-6-11/h7H,2-5H2,1H3,(H2,9,12). The van der Waals surface area contributed by atoms with Crippen LogP contribution in [0.15, 0.2) is 4.99 Å². The Morgan fingerprint density at radius 3 is 2.67 bits per heavy atom. The van der Waals surface area contributed by atoms with Crippen LogP contribution in [0.2, 0.25) is 0 Å². The maximum atomic E-state index is 10.6. The number of primary amides is 1. The molecule has 0 aromatic heterocycles. The van der Waals surface area contributed by atoms with Gasteiger partial charge in [0.25, 0.3) is 0 Å². The first-order valence-electron chi connectivity index (χ1n) is 4.08. The topological polar surface area (TPSA) is 72.5 Å². The first-order valence-corrected chi connectivity index (χ1v) is 4.08. The summed E-state index contributed by atoms with van der Waals surface area (Å²) < 4.78 is 0. The van der Waals surface area contributed by atoms with E-state index < -0.39 is 11.9 Å². The van der Waals surface area contributed by atoms with Crippen LogP contribution in [0.25, 0.3) is 0 Å². The molecule has 0 aromatic carbocycles. The largest absolute Gasteiger partial charge is 0.368 e. The van der Waals surface area contributed by atoms with Crippen molar-refractivity contribution < 1.29 is 9.59 Å². The van der Waals surface area contributed by atoms with E-state index in [1.54, 1.807) is 0 Å². The van der Waals surface area contributed by atoms with Crippen LogP contribution in [0, 0.1) is 0 Å². The molecule has 0 rings (SSSR count). The molecule has 0 aliphatic heterocycles. The third-order valence-corrected chi connectivity index (χ3v) is 1.62. The lowest BCUT2D eigenvalue weighted by Crippen LogP contribution is -2.26. The van der Waals surface area contributed by atoms with Crippen LogP contribution in [0.1, 0.15) is 32.6 Å². The number of nitrogens with zero attached hydrogens (tertiary/aromatic N) is 1. The number of hydrogen-bond acceptors (Lipinski definition) is 3. The molecule has 0 saturated heterocycles. The van der Waals surface area contributed by atoms with E-state index in [0.29, 0.717) is 6.42 Å². The summed E-state index contributed by atoms with van der Waals surface area (Å²) in [6.45, 7) is 2.06. The molecule has 1 unspecified atom stereocenters. The van der Waals surface area contributed by atoms with Gasteiger partial charge in [-0.05, 0) is 6.42 Å². The fourth-order valence-electron chi connectivity index (χ4n) is 0.922. The zero-order chi connectivity index (χ0) is 9.40. The summed E-state index contributed by atoms with van der Waals surface area (Å²) in [5.41, 5.74) is 4.99. The van der Waals surface area contributed by atoms with Gasteiger partial charge < -0.3 is 5.73 Å². The molecule has 0 bridgehead atoms. The molecule has 0 radical (unpaired) electrons. The second-order valence-corrected chi connectivity index (χ2v) is 2.63. The highest BCUT2D eigenvalue weighted by Gasteiger charge is 2.12. The molecule has 4 heteroatoms. The van der Waals surface area contributed by atoms with Gasteiger partial charge in [-0.15, -0.1) is 0 Å². The molecule has 12 heavy (non-hydrogen) atoms. The minimum absolute atomic E-state index is 0.547. The summed E-state index contributed by atoms with van der Waals surface area (Å²) in [5.74, 6) is -0.547. The average Bonchev–Trinajstić information content (AvgIpc) is 2.03. The SMILES string of the molecule is CCCCCC(N=C=O)C(N)=O. The summed E-state index contributed by atoms with van der Waals surface area (Å²) >= 11 is 0.